The van der Waals surface area contributed by atoms with Crippen molar-refractivity contribution in [3.63, 3.8) is 0 Å². The molecule has 2 amide bonds. The van der Waals surface area contributed by atoms with Crippen molar-refractivity contribution in [1.82, 2.24) is 10.2 Å². The predicted octanol–water partition coefficient (Wildman–Crippen LogP) is 0.690. The first-order chi connectivity index (χ1) is 8.13. The van der Waals surface area contributed by atoms with E-state index in [1.54, 1.807) is 4.90 Å². The Labute approximate surface area is 101 Å². The van der Waals surface area contributed by atoms with Gasteiger partial charge in [-0.1, -0.05) is 12.2 Å². The number of allylic oxidation sites excluding steroid dienone is 2. The van der Waals surface area contributed by atoms with E-state index in [4.69, 9.17) is 0 Å². The van der Waals surface area contributed by atoms with Crippen LogP contribution in [0.4, 0.5) is 0 Å². The quantitative estimate of drug-likeness (QED) is 0.536. The number of imide groups is 1. The molecule has 0 radical (unpaired) electrons. The van der Waals surface area contributed by atoms with Crippen LogP contribution >= 0.6 is 0 Å². The smallest absolute Gasteiger partial charge is 0.233 e. The molecular formula is C13H18N2O2. The van der Waals surface area contributed by atoms with Crippen LogP contribution in [-0.4, -0.2) is 35.3 Å². The van der Waals surface area contributed by atoms with Gasteiger partial charge in [0.2, 0.25) is 11.8 Å². The van der Waals surface area contributed by atoms with Gasteiger partial charge in [-0.15, -0.1) is 0 Å². The van der Waals surface area contributed by atoms with Crippen LogP contribution in [0.3, 0.4) is 0 Å². The molecule has 0 spiro atoms. The van der Waals surface area contributed by atoms with Crippen LogP contribution in [0.1, 0.15) is 26.2 Å². The van der Waals surface area contributed by atoms with E-state index in [-0.39, 0.29) is 29.2 Å². The number of carbonyl (C=O) groups excluding carboxylic acids is 2. The lowest BCUT2D eigenvalue weighted by Crippen LogP contribution is -2.51. The number of rotatable bonds is 1. The van der Waals surface area contributed by atoms with Gasteiger partial charge in [0.15, 0.2) is 0 Å². The van der Waals surface area contributed by atoms with E-state index >= 15 is 0 Å². The minimum absolute atomic E-state index is 0.0514. The largest absolute Gasteiger partial charge is 0.314 e. The van der Waals surface area contributed by atoms with Crippen LogP contribution in [-0.2, 0) is 9.59 Å². The van der Waals surface area contributed by atoms with Gasteiger partial charge >= 0.3 is 0 Å². The second-order valence-corrected chi connectivity index (χ2v) is 5.59. The molecule has 0 aromatic carbocycles. The van der Waals surface area contributed by atoms with Gasteiger partial charge < -0.3 is 5.32 Å². The van der Waals surface area contributed by atoms with Gasteiger partial charge in [0.05, 0.1) is 17.4 Å². The van der Waals surface area contributed by atoms with Crippen molar-refractivity contribution >= 4 is 11.8 Å². The number of nitrogens with one attached hydrogen (secondary N) is 1. The molecule has 1 aliphatic carbocycles. The third kappa shape index (κ3) is 1.47. The highest BCUT2D eigenvalue weighted by atomic mass is 16.2. The number of nitrogens with zero attached hydrogens (tertiary/aromatic N) is 1. The number of hydrogen-bond donors (Lipinski definition) is 1. The summed E-state index contributed by atoms with van der Waals surface area (Å²) in [7, 11) is 0. The standard InChI is InChI=1S/C13H18N2O2/c1-13(6-7-14-8-13)15-11(16)9-4-2-3-5-10(9)12(15)17/h2-3,9-10,14H,4-8H2,1H3/t9-,10+,13?. The Bertz CT molecular complexity index is 370. The summed E-state index contributed by atoms with van der Waals surface area (Å²) in [5.41, 5.74) is -0.300. The molecule has 2 saturated heterocycles. The van der Waals surface area contributed by atoms with Crippen molar-refractivity contribution in [3.05, 3.63) is 12.2 Å². The van der Waals surface area contributed by atoms with E-state index in [0.29, 0.717) is 0 Å². The zero-order valence-corrected chi connectivity index (χ0v) is 10.1. The number of amides is 2. The molecule has 3 atom stereocenters. The van der Waals surface area contributed by atoms with Crippen molar-refractivity contribution in [2.75, 3.05) is 13.1 Å². The third-order valence-electron chi connectivity index (χ3n) is 4.39. The lowest BCUT2D eigenvalue weighted by molar-refractivity contribution is -0.145. The molecule has 3 aliphatic rings. The molecule has 0 aromatic heterocycles. The van der Waals surface area contributed by atoms with Crippen LogP contribution in [0.25, 0.3) is 0 Å². The van der Waals surface area contributed by atoms with Crippen molar-refractivity contribution < 1.29 is 9.59 Å². The van der Waals surface area contributed by atoms with Gasteiger partial charge in [0.1, 0.15) is 0 Å². The molecule has 4 heteroatoms. The maximum atomic E-state index is 12.4. The normalized spacial score (nSPS) is 41.1. The average Bonchev–Trinajstić information content (AvgIpc) is 2.85. The minimum atomic E-state index is -0.300. The summed E-state index contributed by atoms with van der Waals surface area (Å²) in [4.78, 5) is 26.3. The molecule has 17 heavy (non-hydrogen) atoms. The maximum absolute atomic E-state index is 12.4. The zero-order chi connectivity index (χ0) is 12.0. The van der Waals surface area contributed by atoms with Crippen LogP contribution < -0.4 is 5.32 Å². The van der Waals surface area contributed by atoms with E-state index < -0.39 is 0 Å². The molecule has 0 bridgehead atoms. The fourth-order valence-electron chi connectivity index (χ4n) is 3.33. The molecule has 0 aromatic rings. The van der Waals surface area contributed by atoms with E-state index in [0.717, 1.165) is 32.4 Å². The van der Waals surface area contributed by atoms with E-state index in [2.05, 4.69) is 5.32 Å². The third-order valence-corrected chi connectivity index (χ3v) is 4.39. The fraction of sp³-hybridized carbons (Fsp3) is 0.692. The van der Waals surface area contributed by atoms with Crippen LogP contribution in [0.2, 0.25) is 0 Å². The first-order valence-electron chi connectivity index (χ1n) is 6.37. The Balaban J connectivity index is 1.92. The first-order valence-corrected chi connectivity index (χ1v) is 6.37. The number of carbonyl (C=O) groups is 2. The highest BCUT2D eigenvalue weighted by molar-refractivity contribution is 6.06. The van der Waals surface area contributed by atoms with Crippen molar-refractivity contribution in [1.29, 1.82) is 0 Å². The summed E-state index contributed by atoms with van der Waals surface area (Å²) in [6.45, 7) is 3.64. The van der Waals surface area contributed by atoms with Crippen molar-refractivity contribution in [3.8, 4) is 0 Å². The van der Waals surface area contributed by atoms with Gasteiger partial charge in [-0.25, -0.2) is 0 Å². The summed E-state index contributed by atoms with van der Waals surface area (Å²) in [5, 5.41) is 3.25. The number of likely N-dealkylation sites (tertiary alicyclic amines) is 1. The lowest BCUT2D eigenvalue weighted by Gasteiger charge is -2.33. The molecule has 0 saturated carbocycles. The predicted molar refractivity (Wildman–Crippen MR) is 63.1 cm³/mol. The molecule has 3 rings (SSSR count). The Morgan fingerprint density at radius 1 is 1.24 bits per heavy atom. The molecular weight excluding hydrogens is 216 g/mol. The summed E-state index contributed by atoms with van der Waals surface area (Å²) < 4.78 is 0. The van der Waals surface area contributed by atoms with Crippen molar-refractivity contribution in [2.24, 2.45) is 11.8 Å². The highest BCUT2D eigenvalue weighted by Gasteiger charge is 2.54. The summed E-state index contributed by atoms with van der Waals surface area (Å²) >= 11 is 0. The molecule has 4 nitrogen and oxygen atoms in total. The number of fused-ring (bicyclic) bond motifs is 1. The Hall–Kier alpha value is -1.16. The molecule has 92 valence electrons. The van der Waals surface area contributed by atoms with Crippen LogP contribution in [0, 0.1) is 11.8 Å². The highest BCUT2D eigenvalue weighted by Crippen LogP contribution is 2.39. The summed E-state index contributed by atoms with van der Waals surface area (Å²) in [5.74, 6) is -0.0825. The van der Waals surface area contributed by atoms with E-state index in [1.807, 2.05) is 19.1 Å². The van der Waals surface area contributed by atoms with Gasteiger partial charge in [-0.2, -0.15) is 0 Å². The lowest BCUT2D eigenvalue weighted by atomic mass is 9.85. The second kappa shape index (κ2) is 3.67. The van der Waals surface area contributed by atoms with Crippen molar-refractivity contribution in [2.45, 2.75) is 31.7 Å². The Morgan fingerprint density at radius 3 is 2.29 bits per heavy atom. The molecule has 2 aliphatic heterocycles. The van der Waals surface area contributed by atoms with E-state index in [9.17, 15) is 9.59 Å². The SMILES string of the molecule is CC1(N2C(=O)[C@H]3CC=CC[C@H]3C2=O)CCNC1. The summed E-state index contributed by atoms with van der Waals surface area (Å²) in [6.07, 6.45) is 6.40. The van der Waals surface area contributed by atoms with Gasteiger partial charge in [-0.3, -0.25) is 14.5 Å². The monoisotopic (exact) mass is 234 g/mol. The maximum Gasteiger partial charge on any atom is 0.233 e. The topological polar surface area (TPSA) is 49.4 Å². The Morgan fingerprint density at radius 2 is 1.82 bits per heavy atom. The fourth-order valence-corrected chi connectivity index (χ4v) is 3.33. The van der Waals surface area contributed by atoms with Gasteiger partial charge in [0.25, 0.3) is 0 Å². The zero-order valence-electron chi connectivity index (χ0n) is 10.1. The van der Waals surface area contributed by atoms with E-state index in [1.165, 1.54) is 0 Å². The van der Waals surface area contributed by atoms with Crippen LogP contribution in [0.5, 0.6) is 0 Å². The molecule has 1 N–H and O–H groups in total. The second-order valence-electron chi connectivity index (χ2n) is 5.59. The summed E-state index contributed by atoms with van der Waals surface area (Å²) in [6, 6.07) is 0. The molecule has 2 heterocycles. The average molecular weight is 234 g/mol. The number of hydrogen-bond acceptors (Lipinski definition) is 3. The molecule has 1 unspecified atom stereocenters. The Kier molecular flexibility index (Phi) is 2.36. The first kappa shape index (κ1) is 11.0. The van der Waals surface area contributed by atoms with Crippen LogP contribution in [0.15, 0.2) is 12.2 Å². The minimum Gasteiger partial charge on any atom is -0.314 e. The molecule has 2 fully saturated rings. The van der Waals surface area contributed by atoms with Gasteiger partial charge in [-0.05, 0) is 32.7 Å². The van der Waals surface area contributed by atoms with Gasteiger partial charge in [0, 0.05) is 6.54 Å².